The molecule has 0 radical (unpaired) electrons. The van der Waals surface area contributed by atoms with E-state index < -0.39 is 0 Å². The molecule has 0 saturated heterocycles. The van der Waals surface area contributed by atoms with Gasteiger partial charge in [-0.3, -0.25) is 0 Å². The molecule has 1 aliphatic rings. The SMILES string of the molecule is CN(C)c1ccc2[nH]c(CNCC3CC3)nc2n1. The van der Waals surface area contributed by atoms with Gasteiger partial charge in [-0.15, -0.1) is 0 Å². The quantitative estimate of drug-likeness (QED) is 0.838. The molecule has 2 aromatic heterocycles. The molecule has 5 heteroatoms. The fraction of sp³-hybridized carbons (Fsp3) is 0.538. The van der Waals surface area contributed by atoms with E-state index in [-0.39, 0.29) is 0 Å². The van der Waals surface area contributed by atoms with Crippen LogP contribution in [0.4, 0.5) is 5.82 Å². The van der Waals surface area contributed by atoms with Crippen LogP contribution in [0.15, 0.2) is 12.1 Å². The summed E-state index contributed by atoms with van der Waals surface area (Å²) in [6.07, 6.45) is 2.75. The first-order valence-corrected chi connectivity index (χ1v) is 6.46. The van der Waals surface area contributed by atoms with Crippen molar-refractivity contribution in [1.82, 2.24) is 20.3 Å². The van der Waals surface area contributed by atoms with Crippen molar-refractivity contribution in [2.45, 2.75) is 19.4 Å². The molecule has 0 aromatic carbocycles. The van der Waals surface area contributed by atoms with E-state index in [2.05, 4.69) is 20.3 Å². The lowest BCUT2D eigenvalue weighted by molar-refractivity contribution is 0.624. The van der Waals surface area contributed by atoms with Gasteiger partial charge in [0.15, 0.2) is 5.65 Å². The molecule has 0 atom stereocenters. The highest BCUT2D eigenvalue weighted by atomic mass is 15.2. The number of H-pyrrole nitrogens is 1. The van der Waals surface area contributed by atoms with E-state index in [1.165, 1.54) is 12.8 Å². The molecule has 1 saturated carbocycles. The molecular weight excluding hydrogens is 226 g/mol. The average Bonchev–Trinajstić information content (AvgIpc) is 3.07. The largest absolute Gasteiger partial charge is 0.363 e. The average molecular weight is 245 g/mol. The highest BCUT2D eigenvalue weighted by Crippen LogP contribution is 2.27. The van der Waals surface area contributed by atoms with Gasteiger partial charge in [0.1, 0.15) is 11.6 Å². The summed E-state index contributed by atoms with van der Waals surface area (Å²) in [4.78, 5) is 14.3. The number of nitrogens with one attached hydrogen (secondary N) is 2. The first kappa shape index (κ1) is 11.5. The summed E-state index contributed by atoms with van der Waals surface area (Å²) in [5.41, 5.74) is 1.80. The van der Waals surface area contributed by atoms with Crippen LogP contribution < -0.4 is 10.2 Å². The Kier molecular flexibility index (Phi) is 2.91. The van der Waals surface area contributed by atoms with Gasteiger partial charge in [0.25, 0.3) is 0 Å². The van der Waals surface area contributed by atoms with Gasteiger partial charge >= 0.3 is 0 Å². The molecule has 18 heavy (non-hydrogen) atoms. The fourth-order valence-corrected chi connectivity index (χ4v) is 1.98. The zero-order valence-corrected chi connectivity index (χ0v) is 10.9. The van der Waals surface area contributed by atoms with Gasteiger partial charge in [-0.1, -0.05) is 0 Å². The molecule has 0 spiro atoms. The van der Waals surface area contributed by atoms with Gasteiger partial charge < -0.3 is 15.2 Å². The molecule has 0 bridgehead atoms. The predicted molar refractivity (Wildman–Crippen MR) is 72.6 cm³/mol. The van der Waals surface area contributed by atoms with Crippen LogP contribution in [0, 0.1) is 5.92 Å². The third kappa shape index (κ3) is 2.46. The summed E-state index contributed by atoms with van der Waals surface area (Å²) in [6, 6.07) is 4.04. The normalized spacial score (nSPS) is 15.2. The number of hydrogen-bond donors (Lipinski definition) is 2. The second kappa shape index (κ2) is 4.57. The molecule has 1 fully saturated rings. The number of rotatable bonds is 5. The van der Waals surface area contributed by atoms with E-state index in [9.17, 15) is 0 Å². The molecule has 5 nitrogen and oxygen atoms in total. The van der Waals surface area contributed by atoms with Crippen molar-refractivity contribution in [1.29, 1.82) is 0 Å². The summed E-state index contributed by atoms with van der Waals surface area (Å²) < 4.78 is 0. The molecule has 1 aliphatic carbocycles. The Balaban J connectivity index is 1.72. The van der Waals surface area contributed by atoms with Crippen molar-refractivity contribution in [3.05, 3.63) is 18.0 Å². The minimum atomic E-state index is 0.796. The minimum absolute atomic E-state index is 0.796. The highest BCUT2D eigenvalue weighted by Gasteiger charge is 2.20. The maximum absolute atomic E-state index is 4.52. The molecular formula is C13H19N5. The summed E-state index contributed by atoms with van der Waals surface area (Å²) >= 11 is 0. The van der Waals surface area contributed by atoms with Crippen LogP contribution in [-0.2, 0) is 6.54 Å². The number of aromatic amines is 1. The maximum atomic E-state index is 4.52. The van der Waals surface area contributed by atoms with Gasteiger partial charge in [-0.05, 0) is 37.4 Å². The van der Waals surface area contributed by atoms with Crippen molar-refractivity contribution in [3.63, 3.8) is 0 Å². The molecule has 96 valence electrons. The fourth-order valence-electron chi connectivity index (χ4n) is 1.98. The van der Waals surface area contributed by atoms with Crippen LogP contribution in [0.5, 0.6) is 0 Å². The molecule has 3 rings (SSSR count). The van der Waals surface area contributed by atoms with Crippen molar-refractivity contribution in [2.75, 3.05) is 25.5 Å². The van der Waals surface area contributed by atoms with Gasteiger partial charge in [0.05, 0.1) is 12.1 Å². The summed E-state index contributed by atoms with van der Waals surface area (Å²) in [5, 5.41) is 3.43. The van der Waals surface area contributed by atoms with E-state index in [1.807, 2.05) is 31.1 Å². The van der Waals surface area contributed by atoms with Crippen molar-refractivity contribution in [2.24, 2.45) is 5.92 Å². The van der Waals surface area contributed by atoms with E-state index in [1.54, 1.807) is 0 Å². The molecule has 2 aromatic rings. The lowest BCUT2D eigenvalue weighted by atomic mass is 10.4. The number of fused-ring (bicyclic) bond motifs is 1. The summed E-state index contributed by atoms with van der Waals surface area (Å²) in [6.45, 7) is 1.90. The Bertz CT molecular complexity index is 541. The zero-order chi connectivity index (χ0) is 12.5. The number of anilines is 1. The summed E-state index contributed by atoms with van der Waals surface area (Å²) in [5.74, 6) is 2.80. The van der Waals surface area contributed by atoms with Crippen molar-refractivity contribution >= 4 is 17.0 Å². The van der Waals surface area contributed by atoms with Gasteiger partial charge in [0.2, 0.25) is 0 Å². The predicted octanol–water partition coefficient (Wildman–Crippen LogP) is 1.52. The number of aromatic nitrogens is 3. The minimum Gasteiger partial charge on any atom is -0.363 e. The van der Waals surface area contributed by atoms with Crippen LogP contribution in [0.2, 0.25) is 0 Å². The lowest BCUT2D eigenvalue weighted by Crippen LogP contribution is -2.16. The second-order valence-electron chi connectivity index (χ2n) is 5.19. The van der Waals surface area contributed by atoms with E-state index in [0.29, 0.717) is 0 Å². The van der Waals surface area contributed by atoms with Gasteiger partial charge in [-0.25, -0.2) is 9.97 Å². The van der Waals surface area contributed by atoms with Crippen LogP contribution in [0.25, 0.3) is 11.2 Å². The smallest absolute Gasteiger partial charge is 0.179 e. The third-order valence-electron chi connectivity index (χ3n) is 3.26. The van der Waals surface area contributed by atoms with E-state index >= 15 is 0 Å². The first-order chi connectivity index (χ1) is 8.72. The second-order valence-corrected chi connectivity index (χ2v) is 5.19. The molecule has 2 heterocycles. The van der Waals surface area contributed by atoms with Crippen molar-refractivity contribution in [3.8, 4) is 0 Å². The highest BCUT2D eigenvalue weighted by molar-refractivity contribution is 5.73. The van der Waals surface area contributed by atoms with E-state index in [4.69, 9.17) is 0 Å². The lowest BCUT2D eigenvalue weighted by Gasteiger charge is -2.09. The van der Waals surface area contributed by atoms with Gasteiger partial charge in [-0.2, -0.15) is 0 Å². The zero-order valence-electron chi connectivity index (χ0n) is 10.9. The topological polar surface area (TPSA) is 56.8 Å². The Morgan fingerprint density at radius 2 is 2.17 bits per heavy atom. The third-order valence-corrected chi connectivity index (χ3v) is 3.26. The Hall–Kier alpha value is -1.62. The monoisotopic (exact) mass is 245 g/mol. The molecule has 2 N–H and O–H groups in total. The van der Waals surface area contributed by atoms with Crippen LogP contribution in [0.1, 0.15) is 18.7 Å². The number of hydrogen-bond acceptors (Lipinski definition) is 4. The molecule has 0 unspecified atom stereocenters. The number of nitrogens with zero attached hydrogens (tertiary/aromatic N) is 3. The Labute approximate surface area is 107 Å². The molecule has 0 aliphatic heterocycles. The van der Waals surface area contributed by atoms with Gasteiger partial charge in [0, 0.05) is 14.1 Å². The van der Waals surface area contributed by atoms with Crippen molar-refractivity contribution < 1.29 is 0 Å². The molecule has 0 amide bonds. The van der Waals surface area contributed by atoms with E-state index in [0.717, 1.165) is 41.8 Å². The van der Waals surface area contributed by atoms with Crippen LogP contribution >= 0.6 is 0 Å². The summed E-state index contributed by atoms with van der Waals surface area (Å²) in [7, 11) is 3.97. The number of pyridine rings is 1. The Morgan fingerprint density at radius 1 is 1.33 bits per heavy atom. The van der Waals surface area contributed by atoms with Crippen LogP contribution in [-0.4, -0.2) is 35.6 Å². The standard InChI is InChI=1S/C13H19N5/c1-18(2)12-6-5-10-13(17-12)16-11(15-10)8-14-7-9-3-4-9/h5-6,9,14H,3-4,7-8H2,1-2H3,(H,15,16,17). The maximum Gasteiger partial charge on any atom is 0.179 e. The van der Waals surface area contributed by atoms with Crippen LogP contribution in [0.3, 0.4) is 0 Å². The Morgan fingerprint density at radius 3 is 2.89 bits per heavy atom. The number of imidazole rings is 1. The first-order valence-electron chi connectivity index (χ1n) is 6.46.